The molecule has 0 fully saturated rings. The van der Waals surface area contributed by atoms with Crippen LogP contribution in [-0.2, 0) is 42.2 Å². The molecule has 0 aromatic rings. The van der Waals surface area contributed by atoms with Gasteiger partial charge in [0.15, 0.2) is 6.10 Å². The van der Waals surface area contributed by atoms with Crippen LogP contribution in [0.1, 0.15) is 239 Å². The molecule has 0 amide bonds. The van der Waals surface area contributed by atoms with E-state index in [-0.39, 0.29) is 25.9 Å². The predicted octanol–water partition coefficient (Wildman–Crippen LogP) is 18.4. The van der Waals surface area contributed by atoms with Crippen molar-refractivity contribution in [3.8, 4) is 0 Å². The van der Waals surface area contributed by atoms with E-state index in [0.717, 1.165) is 122 Å². The van der Waals surface area contributed by atoms with E-state index in [1.165, 1.54) is 57.8 Å². The molecule has 3 atom stereocenters. The second-order valence-electron chi connectivity index (χ2n) is 19.7. The topological polar surface area (TPSA) is 155 Å². The first kappa shape index (κ1) is 73.9. The van der Waals surface area contributed by atoms with Crippen LogP contribution in [0.25, 0.3) is 0 Å². The summed E-state index contributed by atoms with van der Waals surface area (Å²) in [4.78, 5) is 48.6. The van der Waals surface area contributed by atoms with Crippen molar-refractivity contribution in [3.05, 3.63) is 122 Å². The molecule has 11 nitrogen and oxygen atoms in total. The maximum Gasteiger partial charge on any atom is 0.472 e. The minimum atomic E-state index is -4.78. The molecule has 0 aromatic carbocycles. The van der Waals surface area contributed by atoms with Crippen LogP contribution in [0.4, 0.5) is 0 Å². The average Bonchev–Trinajstić information content (AvgIpc) is 3.43. The van der Waals surface area contributed by atoms with E-state index in [9.17, 15) is 28.9 Å². The highest BCUT2D eigenvalue weighted by molar-refractivity contribution is 7.47. The standard InChI is InChI=1S/C66H109O11P/c1-4-7-10-13-16-19-22-25-27-29-31-33-35-38-40-43-46-49-52-55-64(68)73-59-63(77-66(70)57-54-51-48-45-42-39-36-34-32-30-28-26-23-20-17-14-11-8-5-2)61-75-78(71,72)74-60-62(58-67)76-65(69)56-53-50-47-44-41-37-24-21-18-15-12-9-6-3/h7,9-10,12,16-21,25-28,31,33,37,41,47,50,62-63,67H,4-6,8,11,13-15,22-24,29-30,32,34-36,38-40,42-46,48-49,51-61H2,1-3H3,(H,71,72)/b10-7-,12-9-,19-16-,20-17-,21-18-,27-25-,28-26-,33-31-,41-37-,50-47-. The van der Waals surface area contributed by atoms with Gasteiger partial charge in [-0.2, -0.15) is 0 Å². The van der Waals surface area contributed by atoms with Gasteiger partial charge in [-0.25, -0.2) is 4.57 Å². The lowest BCUT2D eigenvalue weighted by molar-refractivity contribution is -0.161. The molecule has 78 heavy (non-hydrogen) atoms. The van der Waals surface area contributed by atoms with Crippen LogP contribution >= 0.6 is 7.82 Å². The Kier molecular flexibility index (Phi) is 55.9. The number of hydrogen-bond donors (Lipinski definition) is 2. The van der Waals surface area contributed by atoms with Crippen LogP contribution in [0.15, 0.2) is 122 Å². The summed E-state index contributed by atoms with van der Waals surface area (Å²) in [6, 6.07) is 0. The van der Waals surface area contributed by atoms with E-state index < -0.39 is 57.8 Å². The number of unbranched alkanes of at least 4 members (excludes halogenated alkanes) is 18. The summed E-state index contributed by atoms with van der Waals surface area (Å²) in [6.45, 7) is 4.29. The van der Waals surface area contributed by atoms with Gasteiger partial charge in [0.2, 0.25) is 0 Å². The Morgan fingerprint density at radius 1 is 0.372 bits per heavy atom. The fourth-order valence-electron chi connectivity index (χ4n) is 7.80. The van der Waals surface area contributed by atoms with Crippen molar-refractivity contribution < 1.29 is 52.2 Å². The van der Waals surface area contributed by atoms with Crippen molar-refractivity contribution >= 4 is 25.7 Å². The maximum absolute atomic E-state index is 12.9. The van der Waals surface area contributed by atoms with E-state index in [0.29, 0.717) is 19.3 Å². The van der Waals surface area contributed by atoms with Crippen molar-refractivity contribution in [1.82, 2.24) is 0 Å². The number of carbonyl (C=O) groups is 3. The maximum atomic E-state index is 12.9. The van der Waals surface area contributed by atoms with Gasteiger partial charge in [-0.15, -0.1) is 0 Å². The third-order valence-corrected chi connectivity index (χ3v) is 13.3. The summed E-state index contributed by atoms with van der Waals surface area (Å²) < 4.78 is 39.5. The highest BCUT2D eigenvalue weighted by Crippen LogP contribution is 2.43. The smallest absolute Gasteiger partial charge is 0.462 e. The van der Waals surface area contributed by atoms with Crippen molar-refractivity contribution in [1.29, 1.82) is 0 Å². The molecular formula is C66H109O11P. The zero-order chi connectivity index (χ0) is 56.9. The highest BCUT2D eigenvalue weighted by Gasteiger charge is 2.28. The highest BCUT2D eigenvalue weighted by atomic mass is 31.2. The molecule has 0 aliphatic carbocycles. The Morgan fingerprint density at radius 3 is 1.10 bits per heavy atom. The molecule has 0 bridgehead atoms. The Labute approximate surface area is 475 Å². The van der Waals surface area contributed by atoms with Gasteiger partial charge in [-0.3, -0.25) is 23.4 Å². The lowest BCUT2D eigenvalue weighted by Crippen LogP contribution is -2.30. The first-order chi connectivity index (χ1) is 38.2. The number of rotatable bonds is 55. The Bertz CT molecular complexity index is 1770. The van der Waals surface area contributed by atoms with Crippen molar-refractivity contribution in [2.75, 3.05) is 26.4 Å². The van der Waals surface area contributed by atoms with Crippen LogP contribution in [-0.4, -0.2) is 66.5 Å². The van der Waals surface area contributed by atoms with Gasteiger partial charge in [0.1, 0.15) is 12.7 Å². The van der Waals surface area contributed by atoms with Crippen LogP contribution in [0.2, 0.25) is 0 Å². The molecule has 0 saturated carbocycles. The summed E-state index contributed by atoms with van der Waals surface area (Å²) in [7, 11) is -4.78. The molecule has 0 radical (unpaired) electrons. The van der Waals surface area contributed by atoms with Crippen LogP contribution < -0.4 is 0 Å². The lowest BCUT2D eigenvalue weighted by Gasteiger charge is -2.21. The Hall–Kier alpha value is -4.12. The fourth-order valence-corrected chi connectivity index (χ4v) is 8.59. The molecule has 3 unspecified atom stereocenters. The first-order valence-electron chi connectivity index (χ1n) is 30.4. The van der Waals surface area contributed by atoms with Gasteiger partial charge >= 0.3 is 25.7 Å². The molecule has 0 spiro atoms. The minimum absolute atomic E-state index is 0.0497. The second-order valence-corrected chi connectivity index (χ2v) is 21.2. The minimum Gasteiger partial charge on any atom is -0.462 e. The summed E-state index contributed by atoms with van der Waals surface area (Å²) in [5.74, 6) is -1.58. The molecule has 0 aliphatic heterocycles. The van der Waals surface area contributed by atoms with E-state index in [2.05, 4.69) is 130 Å². The van der Waals surface area contributed by atoms with Crippen LogP contribution in [0, 0.1) is 0 Å². The third kappa shape index (κ3) is 56.6. The first-order valence-corrected chi connectivity index (χ1v) is 31.9. The lowest BCUT2D eigenvalue weighted by atomic mass is 10.1. The van der Waals surface area contributed by atoms with E-state index in [1.54, 1.807) is 0 Å². The van der Waals surface area contributed by atoms with E-state index >= 15 is 0 Å². The normalized spacial score (nSPS) is 14.2. The molecule has 12 heteroatoms. The Morgan fingerprint density at radius 2 is 0.692 bits per heavy atom. The number of esters is 3. The SMILES string of the molecule is CC/C=C\C/C=C\C/C=C\C/C=C\CCCCCCCCC(=O)OCC(COP(=O)(O)OCC(CO)OC(=O)CC/C=C\C/C=C\C/C=C\C/C=C\CC)OC(=O)CCCCCCCCCCC/C=C\C/C=C\CCCCC. The number of hydrogen-bond acceptors (Lipinski definition) is 10. The molecule has 0 aliphatic rings. The number of aliphatic hydroxyl groups is 1. The summed E-state index contributed by atoms with van der Waals surface area (Å²) in [5, 5.41) is 9.81. The Balaban J connectivity index is 4.81. The summed E-state index contributed by atoms with van der Waals surface area (Å²) >= 11 is 0. The number of phosphoric acid groups is 1. The molecule has 0 rings (SSSR count). The van der Waals surface area contributed by atoms with Gasteiger partial charge < -0.3 is 24.2 Å². The summed E-state index contributed by atoms with van der Waals surface area (Å²) in [6.07, 6.45) is 73.1. The molecule has 444 valence electrons. The van der Waals surface area contributed by atoms with Crippen LogP contribution in [0.3, 0.4) is 0 Å². The number of allylic oxidation sites excluding steroid dienone is 20. The summed E-state index contributed by atoms with van der Waals surface area (Å²) in [5.41, 5.74) is 0. The molecule has 0 saturated heterocycles. The molecule has 2 N–H and O–H groups in total. The van der Waals surface area contributed by atoms with E-state index in [4.69, 9.17) is 23.3 Å². The van der Waals surface area contributed by atoms with Gasteiger partial charge in [-0.05, 0) is 116 Å². The quantitative estimate of drug-likeness (QED) is 0.0197. The van der Waals surface area contributed by atoms with Crippen molar-refractivity contribution in [2.24, 2.45) is 0 Å². The fraction of sp³-hybridized carbons (Fsp3) is 0.652. The number of ether oxygens (including phenoxy) is 3. The van der Waals surface area contributed by atoms with Crippen molar-refractivity contribution in [2.45, 2.75) is 251 Å². The zero-order valence-corrected chi connectivity index (χ0v) is 50.0. The number of aliphatic hydroxyl groups excluding tert-OH is 1. The monoisotopic (exact) mass is 1110 g/mol. The molecular weight excluding hydrogens is 1000 g/mol. The third-order valence-electron chi connectivity index (χ3n) is 12.4. The van der Waals surface area contributed by atoms with Gasteiger partial charge in [0, 0.05) is 19.3 Å². The number of carbonyl (C=O) groups excluding carboxylic acids is 3. The average molecular weight is 1110 g/mol. The number of phosphoric ester groups is 1. The van der Waals surface area contributed by atoms with E-state index in [1.807, 2.05) is 12.2 Å². The van der Waals surface area contributed by atoms with Gasteiger partial charge in [0.25, 0.3) is 0 Å². The largest absolute Gasteiger partial charge is 0.472 e. The van der Waals surface area contributed by atoms with Crippen LogP contribution in [0.5, 0.6) is 0 Å². The van der Waals surface area contributed by atoms with Gasteiger partial charge in [0.05, 0.1) is 19.8 Å². The zero-order valence-electron chi connectivity index (χ0n) is 49.1. The predicted molar refractivity (Wildman–Crippen MR) is 325 cm³/mol. The molecule has 0 heterocycles. The molecule has 0 aromatic heterocycles. The second kappa shape index (κ2) is 59.0. The van der Waals surface area contributed by atoms with Crippen molar-refractivity contribution in [3.63, 3.8) is 0 Å². The van der Waals surface area contributed by atoms with Gasteiger partial charge in [-0.1, -0.05) is 226 Å².